The first-order valence-electron chi connectivity index (χ1n) is 7.44. The predicted molar refractivity (Wildman–Crippen MR) is 92.1 cm³/mol. The molecule has 0 aromatic heterocycles. The lowest BCUT2D eigenvalue weighted by molar-refractivity contribution is -0.137. The van der Waals surface area contributed by atoms with Crippen LogP contribution in [0.15, 0.2) is 59.5 Å². The Kier molecular flexibility index (Phi) is 5.68. The Balaban J connectivity index is 2.14. The molecular weight excluding hydrogens is 367 g/mol. The molecule has 0 spiro atoms. The number of allylic oxidation sites excluding steroid dienone is 1. The van der Waals surface area contributed by atoms with E-state index in [9.17, 15) is 26.4 Å². The molecule has 0 amide bonds. The molecule has 2 aromatic carbocycles. The van der Waals surface area contributed by atoms with Crippen LogP contribution in [-0.4, -0.2) is 32.6 Å². The van der Waals surface area contributed by atoms with Gasteiger partial charge in [-0.2, -0.15) is 13.2 Å². The van der Waals surface area contributed by atoms with E-state index >= 15 is 0 Å². The Morgan fingerprint density at radius 3 is 1.96 bits per heavy atom. The maximum absolute atomic E-state index is 12.5. The van der Waals surface area contributed by atoms with Gasteiger partial charge in [0.1, 0.15) is 0 Å². The van der Waals surface area contributed by atoms with E-state index < -0.39 is 27.5 Å². The standard InChI is InChI=1S/C18H16F3NO3S/c1-22(2)26(24,25)16-10-6-14(7-11-16)17(23)12-5-13-3-8-15(9-4-13)18(19,20)21/h3-12H,1-2H3. The number of nitrogens with zero attached hydrogens (tertiary/aromatic N) is 1. The van der Waals surface area contributed by atoms with Gasteiger partial charge in [-0.3, -0.25) is 4.79 Å². The minimum atomic E-state index is -4.41. The van der Waals surface area contributed by atoms with Crippen molar-refractivity contribution in [3.05, 3.63) is 71.3 Å². The number of benzene rings is 2. The number of hydrogen-bond donors (Lipinski definition) is 0. The number of carbonyl (C=O) groups excluding carboxylic acids is 1. The second-order valence-corrected chi connectivity index (χ2v) is 7.78. The third kappa shape index (κ3) is 4.59. The van der Waals surface area contributed by atoms with Gasteiger partial charge in [-0.15, -0.1) is 0 Å². The van der Waals surface area contributed by atoms with Crippen molar-refractivity contribution in [3.63, 3.8) is 0 Å². The SMILES string of the molecule is CN(C)S(=O)(=O)c1ccc(C(=O)C=Cc2ccc(C(F)(F)F)cc2)cc1. The lowest BCUT2D eigenvalue weighted by Crippen LogP contribution is -2.22. The lowest BCUT2D eigenvalue weighted by Gasteiger charge is -2.11. The van der Waals surface area contributed by atoms with Crippen LogP contribution in [0.4, 0.5) is 13.2 Å². The van der Waals surface area contributed by atoms with Gasteiger partial charge in [-0.05, 0) is 48.0 Å². The Hall–Kier alpha value is -2.45. The molecule has 8 heteroatoms. The van der Waals surface area contributed by atoms with E-state index in [-0.39, 0.29) is 10.5 Å². The Morgan fingerprint density at radius 2 is 1.50 bits per heavy atom. The Bertz CT molecular complexity index is 914. The van der Waals surface area contributed by atoms with Gasteiger partial charge in [-0.25, -0.2) is 12.7 Å². The number of halogens is 3. The quantitative estimate of drug-likeness (QED) is 0.582. The molecule has 0 saturated carbocycles. The molecule has 0 unspecified atom stereocenters. The van der Waals surface area contributed by atoms with Gasteiger partial charge in [-0.1, -0.05) is 18.2 Å². The molecule has 0 heterocycles. The third-order valence-electron chi connectivity index (χ3n) is 3.58. The average molecular weight is 383 g/mol. The van der Waals surface area contributed by atoms with Gasteiger partial charge < -0.3 is 0 Å². The van der Waals surface area contributed by atoms with Gasteiger partial charge in [0.05, 0.1) is 10.5 Å². The molecule has 0 aliphatic rings. The Morgan fingerprint density at radius 1 is 0.962 bits per heavy atom. The monoisotopic (exact) mass is 383 g/mol. The van der Waals surface area contributed by atoms with E-state index in [2.05, 4.69) is 0 Å². The minimum absolute atomic E-state index is 0.0609. The summed E-state index contributed by atoms with van der Waals surface area (Å²) >= 11 is 0. The molecule has 26 heavy (non-hydrogen) atoms. The fraction of sp³-hybridized carbons (Fsp3) is 0.167. The van der Waals surface area contributed by atoms with Crippen molar-refractivity contribution in [2.75, 3.05) is 14.1 Å². The van der Waals surface area contributed by atoms with Crippen molar-refractivity contribution in [2.45, 2.75) is 11.1 Å². The first kappa shape index (κ1) is 19.9. The van der Waals surface area contributed by atoms with Crippen molar-refractivity contribution in [1.29, 1.82) is 0 Å². The van der Waals surface area contributed by atoms with Crippen LogP contribution in [0, 0.1) is 0 Å². The Labute approximate surface area is 149 Å². The summed E-state index contributed by atoms with van der Waals surface area (Å²) in [6, 6.07) is 9.82. The molecule has 0 bridgehead atoms. The maximum Gasteiger partial charge on any atom is 0.416 e. The highest BCUT2D eigenvalue weighted by atomic mass is 32.2. The summed E-state index contributed by atoms with van der Waals surface area (Å²) in [5.74, 6) is -0.390. The highest BCUT2D eigenvalue weighted by Crippen LogP contribution is 2.29. The van der Waals surface area contributed by atoms with E-state index in [0.29, 0.717) is 5.56 Å². The van der Waals surface area contributed by atoms with Crippen LogP contribution >= 0.6 is 0 Å². The van der Waals surface area contributed by atoms with Gasteiger partial charge in [0.15, 0.2) is 5.78 Å². The molecule has 0 fully saturated rings. The van der Waals surface area contributed by atoms with Crippen LogP contribution in [0.3, 0.4) is 0 Å². The fourth-order valence-corrected chi connectivity index (χ4v) is 2.95. The summed E-state index contributed by atoms with van der Waals surface area (Å²) < 4.78 is 62.5. The summed E-state index contributed by atoms with van der Waals surface area (Å²) in [5, 5.41) is 0. The molecule has 0 aliphatic heterocycles. The first-order valence-corrected chi connectivity index (χ1v) is 8.88. The molecule has 2 aromatic rings. The van der Waals surface area contributed by atoms with Crippen molar-refractivity contribution in [2.24, 2.45) is 0 Å². The molecule has 0 saturated heterocycles. The largest absolute Gasteiger partial charge is 0.416 e. The van der Waals surface area contributed by atoms with Crippen LogP contribution in [0.1, 0.15) is 21.5 Å². The van der Waals surface area contributed by atoms with E-state index in [1.807, 2.05) is 0 Å². The van der Waals surface area contributed by atoms with Crippen LogP contribution in [0.25, 0.3) is 6.08 Å². The summed E-state index contributed by atoms with van der Waals surface area (Å²) in [5.41, 5.74) is -0.0531. The highest BCUT2D eigenvalue weighted by Gasteiger charge is 2.29. The smallest absolute Gasteiger partial charge is 0.289 e. The molecule has 0 N–H and O–H groups in total. The molecule has 4 nitrogen and oxygen atoms in total. The average Bonchev–Trinajstić information content (AvgIpc) is 2.59. The van der Waals surface area contributed by atoms with Gasteiger partial charge in [0, 0.05) is 19.7 Å². The van der Waals surface area contributed by atoms with Gasteiger partial charge >= 0.3 is 6.18 Å². The van der Waals surface area contributed by atoms with E-state index in [4.69, 9.17) is 0 Å². The molecular formula is C18H16F3NO3S. The van der Waals surface area contributed by atoms with E-state index in [1.165, 1.54) is 62.6 Å². The van der Waals surface area contributed by atoms with Crippen LogP contribution in [-0.2, 0) is 16.2 Å². The highest BCUT2D eigenvalue weighted by molar-refractivity contribution is 7.89. The van der Waals surface area contributed by atoms with Crippen LogP contribution in [0.5, 0.6) is 0 Å². The number of ketones is 1. The van der Waals surface area contributed by atoms with E-state index in [0.717, 1.165) is 16.4 Å². The van der Waals surface area contributed by atoms with Crippen molar-refractivity contribution in [1.82, 2.24) is 4.31 Å². The number of alkyl halides is 3. The summed E-state index contributed by atoms with van der Waals surface area (Å²) in [6.07, 6.45) is -1.79. The molecule has 0 aliphatic carbocycles. The van der Waals surface area contributed by atoms with Crippen molar-refractivity contribution in [3.8, 4) is 0 Å². The molecule has 0 atom stereocenters. The zero-order chi connectivity index (χ0) is 19.5. The molecule has 138 valence electrons. The molecule has 0 radical (unpaired) electrons. The fourth-order valence-electron chi connectivity index (χ4n) is 2.05. The summed E-state index contributed by atoms with van der Waals surface area (Å²) in [4.78, 5) is 12.2. The number of carbonyl (C=O) groups is 1. The first-order chi connectivity index (χ1) is 12.0. The zero-order valence-electron chi connectivity index (χ0n) is 14.0. The van der Waals surface area contributed by atoms with Gasteiger partial charge in [0.25, 0.3) is 0 Å². The second kappa shape index (κ2) is 7.43. The van der Waals surface area contributed by atoms with E-state index in [1.54, 1.807) is 0 Å². The predicted octanol–water partition coefficient (Wildman–Crippen LogP) is 3.85. The molecule has 2 rings (SSSR count). The van der Waals surface area contributed by atoms with Crippen molar-refractivity contribution < 1.29 is 26.4 Å². The summed E-state index contributed by atoms with van der Waals surface area (Å²) in [7, 11) is -0.771. The number of rotatable bonds is 5. The van der Waals surface area contributed by atoms with Gasteiger partial charge in [0.2, 0.25) is 10.0 Å². The number of sulfonamides is 1. The van der Waals surface area contributed by atoms with Crippen LogP contribution in [0.2, 0.25) is 0 Å². The topological polar surface area (TPSA) is 54.5 Å². The van der Waals surface area contributed by atoms with Crippen LogP contribution < -0.4 is 0 Å². The number of hydrogen-bond acceptors (Lipinski definition) is 3. The second-order valence-electron chi connectivity index (χ2n) is 5.63. The lowest BCUT2D eigenvalue weighted by atomic mass is 10.1. The minimum Gasteiger partial charge on any atom is -0.289 e. The van der Waals surface area contributed by atoms with Crippen molar-refractivity contribution >= 4 is 21.9 Å². The third-order valence-corrected chi connectivity index (χ3v) is 5.41. The zero-order valence-corrected chi connectivity index (χ0v) is 14.8. The maximum atomic E-state index is 12.5. The normalized spacial score (nSPS) is 12.7. The summed E-state index contributed by atoms with van der Waals surface area (Å²) in [6.45, 7) is 0.